The summed E-state index contributed by atoms with van der Waals surface area (Å²) in [5, 5.41) is 10.5. The quantitative estimate of drug-likeness (QED) is 0.649. The van der Waals surface area contributed by atoms with Crippen LogP contribution in [0.1, 0.15) is 26.7 Å². The van der Waals surface area contributed by atoms with Gasteiger partial charge >= 0.3 is 0 Å². The van der Waals surface area contributed by atoms with Crippen LogP contribution in [0.15, 0.2) is 0 Å². The molecule has 1 N–H and O–H groups in total. The van der Waals surface area contributed by atoms with Crippen molar-refractivity contribution in [3.63, 3.8) is 0 Å². The normalized spacial score (nSPS) is 29.0. The molecule has 2 aliphatic rings. The van der Waals surface area contributed by atoms with Gasteiger partial charge in [0, 0.05) is 32.5 Å². The Morgan fingerprint density at radius 2 is 1.73 bits per heavy atom. The summed E-state index contributed by atoms with van der Waals surface area (Å²) >= 11 is 0. The number of piperazine rings is 1. The molecule has 26 heavy (non-hydrogen) atoms. The van der Waals surface area contributed by atoms with Gasteiger partial charge in [-0.2, -0.15) is 0 Å². The number of rotatable bonds is 5. The van der Waals surface area contributed by atoms with Crippen LogP contribution in [0, 0.1) is 17.8 Å². The van der Waals surface area contributed by atoms with Crippen LogP contribution in [0.5, 0.6) is 0 Å². The highest BCUT2D eigenvalue weighted by molar-refractivity contribution is 6.02. The highest BCUT2D eigenvalue weighted by Crippen LogP contribution is 2.32. The smallest absolute Gasteiger partial charge is 0.243 e. The molecule has 1 saturated heterocycles. The molecule has 0 radical (unpaired) electrons. The van der Waals surface area contributed by atoms with Gasteiger partial charge in [0.05, 0.1) is 19.2 Å². The third-order valence-electron chi connectivity index (χ3n) is 5.29. The Morgan fingerprint density at radius 1 is 1.15 bits per heavy atom. The summed E-state index contributed by atoms with van der Waals surface area (Å²) in [5.41, 5.74) is 0. The van der Waals surface area contributed by atoms with Gasteiger partial charge in [-0.05, 0) is 18.8 Å². The Balaban J connectivity index is 1.95. The van der Waals surface area contributed by atoms with E-state index < -0.39 is 23.8 Å². The van der Waals surface area contributed by atoms with E-state index in [1.54, 1.807) is 19.0 Å². The van der Waals surface area contributed by atoms with Crippen molar-refractivity contribution in [3.8, 4) is 0 Å². The zero-order valence-electron chi connectivity index (χ0n) is 16.0. The molecule has 1 aliphatic carbocycles. The first-order valence-electron chi connectivity index (χ1n) is 9.07. The van der Waals surface area contributed by atoms with Gasteiger partial charge in [0.1, 0.15) is 12.3 Å². The number of β-amino-alcohol motifs (C(OH)–C–C–N with tert-alkyl or cyclic N) is 1. The van der Waals surface area contributed by atoms with Crippen molar-refractivity contribution >= 4 is 23.5 Å². The molecule has 146 valence electrons. The Morgan fingerprint density at radius 3 is 2.27 bits per heavy atom. The second-order valence-electron chi connectivity index (χ2n) is 7.89. The molecule has 4 atom stereocenters. The maximum Gasteiger partial charge on any atom is 0.243 e. The maximum absolute atomic E-state index is 12.4. The second kappa shape index (κ2) is 8.26. The number of amides is 3. The standard InChI is InChI=1S/C18H29N3O5/c1-11-5-12(2)18(26)13(6-11)14(22)7-20-8-16(24)21(17(25)9-20)10-15(23)19(3)4/h11-14,22H,5-10H2,1-4H3/t11-,12-,13-,14-/m0/s1. The average Bonchev–Trinajstić information content (AvgIpc) is 2.53. The molecule has 2 fully saturated rings. The molecule has 1 heterocycles. The van der Waals surface area contributed by atoms with Crippen LogP contribution in [0.3, 0.4) is 0 Å². The molecule has 0 unspecified atom stereocenters. The fraction of sp³-hybridized carbons (Fsp3) is 0.778. The van der Waals surface area contributed by atoms with Crippen LogP contribution in [-0.2, 0) is 19.2 Å². The molecule has 8 nitrogen and oxygen atoms in total. The van der Waals surface area contributed by atoms with Crippen molar-refractivity contribution in [2.75, 3.05) is 40.3 Å². The van der Waals surface area contributed by atoms with Crippen molar-refractivity contribution in [1.82, 2.24) is 14.7 Å². The van der Waals surface area contributed by atoms with Gasteiger partial charge in [0.25, 0.3) is 0 Å². The van der Waals surface area contributed by atoms with Crippen LogP contribution in [0.4, 0.5) is 0 Å². The molecular formula is C18H29N3O5. The number of ketones is 1. The van der Waals surface area contributed by atoms with Crippen LogP contribution in [0.25, 0.3) is 0 Å². The first-order valence-corrected chi connectivity index (χ1v) is 9.07. The lowest BCUT2D eigenvalue weighted by molar-refractivity contribution is -0.155. The average molecular weight is 367 g/mol. The van der Waals surface area contributed by atoms with Crippen molar-refractivity contribution in [2.45, 2.75) is 32.8 Å². The minimum atomic E-state index is -0.900. The van der Waals surface area contributed by atoms with Crippen LogP contribution < -0.4 is 0 Å². The lowest BCUT2D eigenvalue weighted by Crippen LogP contribution is -2.58. The van der Waals surface area contributed by atoms with Crippen LogP contribution >= 0.6 is 0 Å². The molecule has 0 spiro atoms. The van der Waals surface area contributed by atoms with Gasteiger partial charge in [0.2, 0.25) is 17.7 Å². The summed E-state index contributed by atoms with van der Waals surface area (Å²) in [4.78, 5) is 52.4. The van der Waals surface area contributed by atoms with Gasteiger partial charge in [0.15, 0.2) is 0 Å². The zero-order chi connectivity index (χ0) is 19.6. The Bertz CT molecular complexity index is 573. The van der Waals surface area contributed by atoms with Crippen LogP contribution in [-0.4, -0.2) is 89.7 Å². The number of carbonyl (C=O) groups is 4. The number of aliphatic hydroxyl groups is 1. The van der Waals surface area contributed by atoms with Gasteiger partial charge in [-0.15, -0.1) is 0 Å². The Hall–Kier alpha value is -1.80. The number of aliphatic hydroxyl groups excluding tert-OH is 1. The van der Waals surface area contributed by atoms with Crippen molar-refractivity contribution in [2.24, 2.45) is 17.8 Å². The number of nitrogens with zero attached hydrogens (tertiary/aromatic N) is 3. The Kier molecular flexibility index (Phi) is 6.52. The lowest BCUT2D eigenvalue weighted by atomic mass is 9.73. The van der Waals surface area contributed by atoms with E-state index in [1.165, 1.54) is 4.90 Å². The van der Waals surface area contributed by atoms with E-state index >= 15 is 0 Å². The van der Waals surface area contributed by atoms with Gasteiger partial charge in [-0.3, -0.25) is 29.0 Å². The molecule has 8 heteroatoms. The molecule has 0 aromatic heterocycles. The maximum atomic E-state index is 12.4. The number of hydrogen-bond donors (Lipinski definition) is 1. The summed E-state index contributed by atoms with van der Waals surface area (Å²) in [7, 11) is 3.13. The monoisotopic (exact) mass is 367 g/mol. The summed E-state index contributed by atoms with van der Waals surface area (Å²) in [5.74, 6) is -1.34. The fourth-order valence-electron chi connectivity index (χ4n) is 3.80. The zero-order valence-corrected chi connectivity index (χ0v) is 16.0. The summed E-state index contributed by atoms with van der Waals surface area (Å²) in [6, 6.07) is 0. The summed E-state index contributed by atoms with van der Waals surface area (Å²) in [6.45, 7) is 3.69. The number of likely N-dealkylation sites (N-methyl/N-ethyl adjacent to an activating group) is 1. The SMILES string of the molecule is C[C@@H]1C[C@@H]([C@@H](O)CN2CC(=O)N(CC(=O)N(C)C)C(=O)C2)C(=O)[C@@H](C)C1. The number of imide groups is 1. The van der Waals surface area contributed by atoms with Crippen molar-refractivity contribution < 1.29 is 24.3 Å². The fourth-order valence-corrected chi connectivity index (χ4v) is 3.80. The molecule has 3 amide bonds. The molecule has 0 aromatic rings. The van der Waals surface area contributed by atoms with E-state index in [4.69, 9.17) is 0 Å². The van der Waals surface area contributed by atoms with E-state index in [1.807, 2.05) is 6.92 Å². The highest BCUT2D eigenvalue weighted by atomic mass is 16.3. The molecule has 2 rings (SSSR count). The minimum absolute atomic E-state index is 0.0461. The van der Waals surface area contributed by atoms with E-state index in [0.717, 1.165) is 11.3 Å². The first-order chi connectivity index (χ1) is 12.1. The van der Waals surface area contributed by atoms with Gasteiger partial charge in [-0.25, -0.2) is 0 Å². The highest BCUT2D eigenvalue weighted by Gasteiger charge is 2.39. The van der Waals surface area contributed by atoms with Crippen molar-refractivity contribution in [3.05, 3.63) is 0 Å². The van der Waals surface area contributed by atoms with Crippen molar-refractivity contribution in [1.29, 1.82) is 0 Å². The van der Waals surface area contributed by atoms with Gasteiger partial charge < -0.3 is 10.0 Å². The first kappa shape index (κ1) is 20.5. The van der Waals surface area contributed by atoms with E-state index in [0.29, 0.717) is 12.3 Å². The predicted molar refractivity (Wildman–Crippen MR) is 93.9 cm³/mol. The number of carbonyl (C=O) groups excluding carboxylic acids is 4. The minimum Gasteiger partial charge on any atom is -0.391 e. The number of hydrogen-bond acceptors (Lipinski definition) is 6. The molecular weight excluding hydrogens is 338 g/mol. The summed E-state index contributed by atoms with van der Waals surface area (Å²) < 4.78 is 0. The summed E-state index contributed by atoms with van der Waals surface area (Å²) in [6.07, 6.45) is 0.560. The van der Waals surface area contributed by atoms with Gasteiger partial charge in [-0.1, -0.05) is 13.8 Å². The second-order valence-corrected chi connectivity index (χ2v) is 7.89. The third-order valence-corrected chi connectivity index (χ3v) is 5.29. The van der Waals surface area contributed by atoms with Crippen LogP contribution in [0.2, 0.25) is 0 Å². The molecule has 1 aliphatic heterocycles. The number of Topliss-reactive ketones (excluding diaryl/α,β-unsaturated/α-hetero) is 1. The Labute approximate surface area is 154 Å². The predicted octanol–water partition coefficient (Wildman–Crippen LogP) is -0.642. The molecule has 0 bridgehead atoms. The largest absolute Gasteiger partial charge is 0.391 e. The topological polar surface area (TPSA) is 98.2 Å². The molecule has 0 aromatic carbocycles. The molecule has 1 saturated carbocycles. The van der Waals surface area contributed by atoms with E-state index in [9.17, 15) is 24.3 Å². The lowest BCUT2D eigenvalue weighted by Gasteiger charge is -2.37. The van der Waals surface area contributed by atoms with E-state index in [2.05, 4.69) is 6.92 Å². The van der Waals surface area contributed by atoms with E-state index in [-0.39, 0.29) is 43.8 Å². The third kappa shape index (κ3) is 4.67.